The molecule has 4 heteroatoms. The van der Waals surface area contributed by atoms with Crippen LogP contribution in [0.25, 0.3) is 0 Å². The summed E-state index contributed by atoms with van der Waals surface area (Å²) in [4.78, 5) is 11.7. The number of carbonyl (C=O) groups is 1. The molecule has 90 valence electrons. The Hall–Kier alpha value is -1.76. The van der Waals surface area contributed by atoms with E-state index in [1.54, 1.807) is 13.0 Å². The van der Waals surface area contributed by atoms with Gasteiger partial charge in [0.2, 0.25) is 5.76 Å². The molecule has 0 radical (unpaired) electrons. The molecule has 17 heavy (non-hydrogen) atoms. The Morgan fingerprint density at radius 3 is 2.82 bits per heavy atom. The van der Waals surface area contributed by atoms with Crippen molar-refractivity contribution < 1.29 is 13.9 Å². The summed E-state index contributed by atoms with van der Waals surface area (Å²) in [6, 6.07) is 4.00. The number of hydrogen-bond acceptors (Lipinski definition) is 4. The van der Waals surface area contributed by atoms with Gasteiger partial charge in [-0.25, -0.2) is 4.79 Å². The van der Waals surface area contributed by atoms with Gasteiger partial charge in [0.1, 0.15) is 6.61 Å². The molecular weight excluding hydrogens is 218 g/mol. The average Bonchev–Trinajstić information content (AvgIpc) is 2.95. The molecule has 1 aliphatic rings. The normalized spacial score (nSPS) is 17.6. The third kappa shape index (κ3) is 2.33. The maximum atomic E-state index is 11.7. The molecule has 0 unspecified atom stereocenters. The maximum absolute atomic E-state index is 11.7. The van der Waals surface area contributed by atoms with Gasteiger partial charge < -0.3 is 9.15 Å². The summed E-state index contributed by atoms with van der Waals surface area (Å²) < 4.78 is 10.2. The zero-order valence-corrected chi connectivity index (χ0v) is 9.86. The van der Waals surface area contributed by atoms with E-state index in [-0.39, 0.29) is 12.4 Å². The largest absolute Gasteiger partial charge is 0.458 e. The number of carbonyl (C=O) groups excluding carboxylic acids is 1. The van der Waals surface area contributed by atoms with Gasteiger partial charge in [-0.3, -0.25) is 0 Å². The molecule has 1 aromatic rings. The van der Waals surface area contributed by atoms with Crippen molar-refractivity contribution >= 4 is 5.97 Å². The van der Waals surface area contributed by atoms with E-state index in [0.29, 0.717) is 0 Å². The lowest BCUT2D eigenvalue weighted by Gasteiger charge is -2.19. The molecule has 0 atom stereocenters. The Labute approximate surface area is 100 Å². The number of ether oxygens (including phenoxy) is 1. The number of esters is 1. The van der Waals surface area contributed by atoms with Crippen LogP contribution < -0.4 is 0 Å². The number of furan rings is 1. The van der Waals surface area contributed by atoms with Crippen LogP contribution in [-0.4, -0.2) is 12.6 Å². The third-order valence-corrected chi connectivity index (χ3v) is 3.32. The lowest BCUT2D eigenvalue weighted by molar-refractivity contribution is 0.0340. The van der Waals surface area contributed by atoms with Crippen LogP contribution in [0.5, 0.6) is 0 Å². The van der Waals surface area contributed by atoms with Crippen LogP contribution in [0.2, 0.25) is 0 Å². The van der Waals surface area contributed by atoms with Crippen molar-refractivity contribution in [3.05, 3.63) is 23.7 Å². The predicted octanol–water partition coefficient (Wildman–Crippen LogP) is 2.83. The Morgan fingerprint density at radius 1 is 1.59 bits per heavy atom. The zero-order chi connectivity index (χ0) is 12.3. The van der Waals surface area contributed by atoms with Gasteiger partial charge in [0.25, 0.3) is 0 Å². The third-order valence-electron chi connectivity index (χ3n) is 3.32. The van der Waals surface area contributed by atoms with Gasteiger partial charge in [-0.2, -0.15) is 5.26 Å². The lowest BCUT2D eigenvalue weighted by atomic mass is 9.89. The van der Waals surface area contributed by atoms with Crippen LogP contribution in [0.3, 0.4) is 0 Å². The summed E-state index contributed by atoms with van der Waals surface area (Å²) in [6.45, 7) is 1.96. The first-order valence-electron chi connectivity index (χ1n) is 5.79. The molecular formula is C13H15NO3. The molecule has 2 rings (SSSR count). The fraction of sp³-hybridized carbons (Fsp3) is 0.538. The number of aryl methyl sites for hydroxylation is 1. The van der Waals surface area contributed by atoms with E-state index in [1.165, 1.54) is 6.26 Å². The van der Waals surface area contributed by atoms with Crippen LogP contribution in [-0.2, 0) is 4.74 Å². The Kier molecular flexibility index (Phi) is 3.19. The van der Waals surface area contributed by atoms with Gasteiger partial charge in [-0.1, -0.05) is 12.8 Å². The van der Waals surface area contributed by atoms with E-state index in [4.69, 9.17) is 14.4 Å². The first-order valence-corrected chi connectivity index (χ1v) is 5.79. The highest BCUT2D eigenvalue weighted by Crippen LogP contribution is 2.37. The van der Waals surface area contributed by atoms with Crippen molar-refractivity contribution in [3.63, 3.8) is 0 Å². The van der Waals surface area contributed by atoms with E-state index < -0.39 is 11.4 Å². The van der Waals surface area contributed by atoms with Crippen molar-refractivity contribution in [1.29, 1.82) is 5.26 Å². The summed E-state index contributed by atoms with van der Waals surface area (Å²) >= 11 is 0. The Morgan fingerprint density at radius 2 is 2.29 bits per heavy atom. The minimum Gasteiger partial charge on any atom is -0.458 e. The number of hydrogen-bond donors (Lipinski definition) is 0. The van der Waals surface area contributed by atoms with Gasteiger partial charge in [-0.05, 0) is 25.8 Å². The van der Waals surface area contributed by atoms with Crippen molar-refractivity contribution in [2.45, 2.75) is 32.6 Å². The standard InChI is InChI=1S/C13H15NO3/c1-10-4-7-16-11(10)12(15)17-9-13(8-14)5-2-3-6-13/h4,7H,2-3,5-6,9H2,1H3. The Balaban J connectivity index is 1.97. The first kappa shape index (κ1) is 11.7. The van der Waals surface area contributed by atoms with Crippen molar-refractivity contribution in [2.24, 2.45) is 5.41 Å². The van der Waals surface area contributed by atoms with Gasteiger partial charge >= 0.3 is 5.97 Å². The minimum absolute atomic E-state index is 0.169. The summed E-state index contributed by atoms with van der Waals surface area (Å²) in [6.07, 6.45) is 5.15. The average molecular weight is 233 g/mol. The highest BCUT2D eigenvalue weighted by Gasteiger charge is 2.35. The van der Waals surface area contributed by atoms with Crippen molar-refractivity contribution in [3.8, 4) is 6.07 Å². The fourth-order valence-corrected chi connectivity index (χ4v) is 2.19. The smallest absolute Gasteiger partial charge is 0.374 e. The quantitative estimate of drug-likeness (QED) is 0.753. The number of nitrogens with zero attached hydrogens (tertiary/aromatic N) is 1. The summed E-state index contributed by atoms with van der Waals surface area (Å²) in [5.74, 6) is -0.245. The second-order valence-corrected chi connectivity index (χ2v) is 4.61. The monoisotopic (exact) mass is 233 g/mol. The van der Waals surface area contributed by atoms with Crippen LogP contribution in [0, 0.1) is 23.7 Å². The molecule has 0 aromatic carbocycles. The number of rotatable bonds is 3. The van der Waals surface area contributed by atoms with E-state index >= 15 is 0 Å². The predicted molar refractivity (Wildman–Crippen MR) is 60.2 cm³/mol. The zero-order valence-electron chi connectivity index (χ0n) is 9.86. The van der Waals surface area contributed by atoms with Crippen LogP contribution in [0.4, 0.5) is 0 Å². The van der Waals surface area contributed by atoms with Crippen LogP contribution in [0.15, 0.2) is 16.7 Å². The van der Waals surface area contributed by atoms with Gasteiger partial charge in [-0.15, -0.1) is 0 Å². The highest BCUT2D eigenvalue weighted by molar-refractivity contribution is 5.87. The molecule has 0 N–H and O–H groups in total. The molecule has 1 saturated carbocycles. The van der Waals surface area contributed by atoms with Gasteiger partial charge in [0.15, 0.2) is 0 Å². The minimum atomic E-state index is -0.478. The number of nitriles is 1. The van der Waals surface area contributed by atoms with Crippen molar-refractivity contribution in [2.75, 3.05) is 6.61 Å². The van der Waals surface area contributed by atoms with Crippen LogP contribution >= 0.6 is 0 Å². The van der Waals surface area contributed by atoms with E-state index in [9.17, 15) is 4.79 Å². The molecule has 0 amide bonds. The topological polar surface area (TPSA) is 63.2 Å². The van der Waals surface area contributed by atoms with Crippen molar-refractivity contribution in [1.82, 2.24) is 0 Å². The van der Waals surface area contributed by atoms with E-state index in [1.807, 2.05) is 0 Å². The Bertz CT molecular complexity index is 449. The molecule has 1 heterocycles. The molecule has 1 fully saturated rings. The second-order valence-electron chi connectivity index (χ2n) is 4.61. The van der Waals surface area contributed by atoms with E-state index in [0.717, 1.165) is 31.2 Å². The SMILES string of the molecule is Cc1ccoc1C(=O)OCC1(C#N)CCCC1. The summed E-state index contributed by atoms with van der Waals surface area (Å²) in [5, 5.41) is 9.15. The molecule has 0 spiro atoms. The summed E-state index contributed by atoms with van der Waals surface area (Å²) in [5.41, 5.74) is 0.281. The maximum Gasteiger partial charge on any atom is 0.374 e. The molecule has 0 saturated heterocycles. The first-order chi connectivity index (χ1) is 8.17. The fourth-order valence-electron chi connectivity index (χ4n) is 2.19. The molecule has 1 aliphatic carbocycles. The molecule has 1 aromatic heterocycles. The van der Waals surface area contributed by atoms with Crippen LogP contribution in [0.1, 0.15) is 41.8 Å². The lowest BCUT2D eigenvalue weighted by Crippen LogP contribution is -2.23. The van der Waals surface area contributed by atoms with Gasteiger partial charge in [0, 0.05) is 5.56 Å². The van der Waals surface area contributed by atoms with Gasteiger partial charge in [0.05, 0.1) is 17.7 Å². The molecule has 0 aliphatic heterocycles. The van der Waals surface area contributed by atoms with E-state index in [2.05, 4.69) is 6.07 Å². The summed E-state index contributed by atoms with van der Waals surface area (Å²) in [7, 11) is 0. The second kappa shape index (κ2) is 4.62. The highest BCUT2D eigenvalue weighted by atomic mass is 16.5. The molecule has 0 bridgehead atoms. The molecule has 4 nitrogen and oxygen atoms in total.